The minimum atomic E-state index is -0.519. The van der Waals surface area contributed by atoms with Crippen LogP contribution in [0.3, 0.4) is 0 Å². The fourth-order valence-electron chi connectivity index (χ4n) is 1.58. The summed E-state index contributed by atoms with van der Waals surface area (Å²) in [5, 5.41) is 11.3. The molecule has 2 rings (SSSR count). The largest absolute Gasteiger partial charge is 0.431 e. The number of hydrogen-bond acceptors (Lipinski definition) is 5. The maximum absolute atomic E-state index is 11.0. The summed E-state index contributed by atoms with van der Waals surface area (Å²) in [4.78, 5) is 18.3. The molecule has 104 valence electrons. The number of aromatic nitrogens is 2. The van der Waals surface area contributed by atoms with Gasteiger partial charge in [0.05, 0.1) is 10.5 Å². The highest BCUT2D eigenvalue weighted by atomic mass is 79.9. The number of rotatable bonds is 4. The van der Waals surface area contributed by atoms with E-state index in [9.17, 15) is 10.1 Å². The molecule has 1 aromatic heterocycles. The fraction of sp³-hybridized carbons (Fsp3) is 0.167. The minimum absolute atomic E-state index is 0.0997. The van der Waals surface area contributed by atoms with Crippen LogP contribution in [0.2, 0.25) is 5.15 Å². The van der Waals surface area contributed by atoms with E-state index in [-0.39, 0.29) is 22.5 Å². The van der Waals surface area contributed by atoms with Gasteiger partial charge in [-0.3, -0.25) is 10.1 Å². The third kappa shape index (κ3) is 3.05. The Kier molecular flexibility index (Phi) is 4.51. The molecule has 2 aromatic rings. The van der Waals surface area contributed by atoms with Crippen molar-refractivity contribution >= 4 is 33.2 Å². The third-order valence-corrected chi connectivity index (χ3v) is 3.35. The number of nitrogens with zero attached hydrogens (tertiary/aromatic N) is 3. The Morgan fingerprint density at radius 1 is 1.45 bits per heavy atom. The normalized spacial score (nSPS) is 10.3. The van der Waals surface area contributed by atoms with Crippen LogP contribution in [0.5, 0.6) is 11.6 Å². The molecule has 0 aliphatic heterocycles. The van der Waals surface area contributed by atoms with Gasteiger partial charge in [-0.25, -0.2) is 9.97 Å². The van der Waals surface area contributed by atoms with Crippen molar-refractivity contribution in [1.29, 1.82) is 0 Å². The summed E-state index contributed by atoms with van der Waals surface area (Å²) < 4.78 is 6.12. The van der Waals surface area contributed by atoms with E-state index < -0.39 is 4.92 Å². The van der Waals surface area contributed by atoms with E-state index in [2.05, 4.69) is 25.9 Å². The van der Waals surface area contributed by atoms with Crippen LogP contribution in [0, 0.1) is 10.1 Å². The number of nitro benzene ring substituents is 1. The fourth-order valence-corrected chi connectivity index (χ4v) is 2.19. The van der Waals surface area contributed by atoms with Crippen LogP contribution in [0.25, 0.3) is 0 Å². The zero-order chi connectivity index (χ0) is 14.7. The lowest BCUT2D eigenvalue weighted by atomic mass is 10.2. The summed E-state index contributed by atoms with van der Waals surface area (Å²) in [5.74, 6) is 0.320. The number of ether oxygens (including phenoxy) is 1. The predicted molar refractivity (Wildman–Crippen MR) is 77.3 cm³/mol. The van der Waals surface area contributed by atoms with E-state index in [1.54, 1.807) is 6.07 Å². The van der Waals surface area contributed by atoms with E-state index in [0.717, 1.165) is 0 Å². The number of hydrogen-bond donors (Lipinski definition) is 0. The molecule has 0 atom stereocenters. The van der Waals surface area contributed by atoms with Gasteiger partial charge in [-0.15, -0.1) is 0 Å². The van der Waals surface area contributed by atoms with E-state index in [4.69, 9.17) is 16.3 Å². The van der Waals surface area contributed by atoms with Gasteiger partial charge in [0, 0.05) is 10.5 Å². The van der Waals surface area contributed by atoms with Crippen LogP contribution in [0.1, 0.15) is 12.5 Å². The number of nitro groups is 1. The van der Waals surface area contributed by atoms with E-state index >= 15 is 0 Å². The zero-order valence-corrected chi connectivity index (χ0v) is 12.7. The van der Waals surface area contributed by atoms with Gasteiger partial charge in [0.15, 0.2) is 0 Å². The van der Waals surface area contributed by atoms with Crippen molar-refractivity contribution < 1.29 is 9.66 Å². The number of benzene rings is 1. The second-order valence-corrected chi connectivity index (χ2v) is 5.05. The molecule has 0 saturated heterocycles. The average molecular weight is 359 g/mol. The van der Waals surface area contributed by atoms with Crippen LogP contribution in [-0.4, -0.2) is 14.9 Å². The van der Waals surface area contributed by atoms with Crippen molar-refractivity contribution in [3.63, 3.8) is 0 Å². The Bertz CT molecular complexity index is 666. The minimum Gasteiger partial charge on any atom is -0.431 e. The Balaban J connectivity index is 2.45. The first-order chi connectivity index (χ1) is 9.52. The van der Waals surface area contributed by atoms with Crippen LogP contribution < -0.4 is 4.74 Å². The molecule has 0 N–H and O–H groups in total. The first kappa shape index (κ1) is 14.7. The number of halogens is 2. The van der Waals surface area contributed by atoms with Crippen molar-refractivity contribution in [2.24, 2.45) is 0 Å². The van der Waals surface area contributed by atoms with Gasteiger partial charge in [0.2, 0.25) is 11.6 Å². The molecular weight excluding hydrogens is 350 g/mol. The summed E-state index contributed by atoms with van der Waals surface area (Å²) in [6.07, 6.45) is 1.81. The predicted octanol–water partition coefficient (Wildman–Crippen LogP) is 4.16. The van der Waals surface area contributed by atoms with Crippen LogP contribution in [-0.2, 0) is 6.42 Å². The smallest absolute Gasteiger partial charge is 0.312 e. The summed E-state index contributed by atoms with van der Waals surface area (Å²) in [7, 11) is 0. The lowest BCUT2D eigenvalue weighted by Gasteiger charge is -2.09. The van der Waals surface area contributed by atoms with Gasteiger partial charge in [-0.1, -0.05) is 34.5 Å². The van der Waals surface area contributed by atoms with Gasteiger partial charge in [-0.05, 0) is 18.6 Å². The molecule has 0 amide bonds. The monoisotopic (exact) mass is 357 g/mol. The zero-order valence-electron chi connectivity index (χ0n) is 10.3. The van der Waals surface area contributed by atoms with Crippen molar-refractivity contribution in [3.8, 4) is 11.6 Å². The first-order valence-corrected chi connectivity index (χ1v) is 6.81. The molecule has 0 aliphatic rings. The Morgan fingerprint density at radius 2 is 2.20 bits per heavy atom. The van der Waals surface area contributed by atoms with E-state index in [1.165, 1.54) is 18.5 Å². The molecule has 0 unspecified atom stereocenters. The average Bonchev–Trinajstić information content (AvgIpc) is 2.41. The molecule has 1 aromatic carbocycles. The topological polar surface area (TPSA) is 78.2 Å². The molecule has 6 nitrogen and oxygen atoms in total. The maximum Gasteiger partial charge on any atom is 0.312 e. The quantitative estimate of drug-likeness (QED) is 0.466. The highest BCUT2D eigenvalue weighted by Crippen LogP contribution is 2.35. The lowest BCUT2D eigenvalue weighted by Crippen LogP contribution is -1.99. The third-order valence-electron chi connectivity index (χ3n) is 2.53. The van der Waals surface area contributed by atoms with Crippen molar-refractivity contribution in [1.82, 2.24) is 9.97 Å². The SMILES string of the molecule is CCc1c(Cl)ncnc1Oc1ccc(Br)cc1[N+](=O)[O-]. The standard InChI is InChI=1S/C12H9BrClN3O3/c1-2-8-11(14)15-6-16-12(8)20-10-4-3-7(13)5-9(10)17(18)19/h3-6H,2H2,1H3. The molecule has 0 spiro atoms. The highest BCUT2D eigenvalue weighted by molar-refractivity contribution is 9.10. The molecule has 0 saturated carbocycles. The van der Waals surface area contributed by atoms with E-state index in [1.807, 2.05) is 6.92 Å². The van der Waals surface area contributed by atoms with Gasteiger partial charge in [0.1, 0.15) is 11.5 Å². The summed E-state index contributed by atoms with van der Waals surface area (Å²) in [6, 6.07) is 4.51. The van der Waals surface area contributed by atoms with Gasteiger partial charge >= 0.3 is 5.69 Å². The first-order valence-electron chi connectivity index (χ1n) is 5.64. The molecule has 8 heteroatoms. The van der Waals surface area contributed by atoms with Crippen LogP contribution in [0.15, 0.2) is 29.0 Å². The molecular formula is C12H9BrClN3O3. The van der Waals surface area contributed by atoms with Gasteiger partial charge in [-0.2, -0.15) is 0 Å². The second-order valence-electron chi connectivity index (χ2n) is 3.77. The van der Waals surface area contributed by atoms with E-state index in [0.29, 0.717) is 16.5 Å². The van der Waals surface area contributed by atoms with Crippen LogP contribution >= 0.6 is 27.5 Å². The van der Waals surface area contributed by atoms with Crippen molar-refractivity contribution in [3.05, 3.63) is 49.8 Å². The Labute approximate surface area is 128 Å². The molecule has 1 heterocycles. The molecule has 0 radical (unpaired) electrons. The van der Waals surface area contributed by atoms with Crippen molar-refractivity contribution in [2.75, 3.05) is 0 Å². The second kappa shape index (κ2) is 6.15. The lowest BCUT2D eigenvalue weighted by molar-refractivity contribution is -0.385. The van der Waals surface area contributed by atoms with Gasteiger partial charge < -0.3 is 4.74 Å². The highest BCUT2D eigenvalue weighted by Gasteiger charge is 2.19. The van der Waals surface area contributed by atoms with Gasteiger partial charge in [0.25, 0.3) is 0 Å². The summed E-state index contributed by atoms with van der Waals surface area (Å²) in [5.41, 5.74) is 0.447. The maximum atomic E-state index is 11.0. The van der Waals surface area contributed by atoms with Crippen LogP contribution in [0.4, 0.5) is 5.69 Å². The van der Waals surface area contributed by atoms with Crippen molar-refractivity contribution in [2.45, 2.75) is 13.3 Å². The Morgan fingerprint density at radius 3 is 2.85 bits per heavy atom. The molecule has 0 aliphatic carbocycles. The molecule has 0 bridgehead atoms. The molecule has 0 fully saturated rings. The molecule has 20 heavy (non-hydrogen) atoms. The Hall–Kier alpha value is -1.73. The summed E-state index contributed by atoms with van der Waals surface area (Å²) in [6.45, 7) is 1.87. The summed E-state index contributed by atoms with van der Waals surface area (Å²) >= 11 is 9.13.